The Balaban J connectivity index is 2.17. The molecule has 4 heteroatoms. The second-order valence-electron chi connectivity index (χ2n) is 2.83. The highest BCUT2D eigenvalue weighted by Crippen LogP contribution is 1.90. The fraction of sp³-hybridized carbons (Fsp3) is 0.444. The van der Waals surface area contributed by atoms with Gasteiger partial charge in [0.1, 0.15) is 6.54 Å². The zero-order chi connectivity index (χ0) is 9.52. The second-order valence-corrected chi connectivity index (χ2v) is 3.84. The van der Waals surface area contributed by atoms with E-state index in [2.05, 4.69) is 0 Å². The number of unbranched alkanes of at least 4 members (excludes halogenated alkanes) is 1. The van der Waals surface area contributed by atoms with Gasteiger partial charge in [-0.25, -0.2) is 4.57 Å². The van der Waals surface area contributed by atoms with E-state index in [4.69, 9.17) is 0 Å². The fourth-order valence-electron chi connectivity index (χ4n) is 1.10. The highest BCUT2D eigenvalue weighted by Gasteiger charge is 1.96. The molecule has 0 aliphatic carbocycles. The summed E-state index contributed by atoms with van der Waals surface area (Å²) < 4.78 is 22.5. The Labute approximate surface area is 80.7 Å². The Hall–Kier alpha value is -0.740. The van der Waals surface area contributed by atoms with Crippen molar-refractivity contribution in [1.82, 2.24) is 0 Å². The largest absolute Gasteiger partial charge is 0.772 e. The molecular formula is C9H13NO2S. The van der Waals surface area contributed by atoms with Crippen molar-refractivity contribution in [3.8, 4) is 0 Å². The normalized spacial score (nSPS) is 12.7. The maximum absolute atomic E-state index is 10.2. The summed E-state index contributed by atoms with van der Waals surface area (Å²) in [4.78, 5) is 0. The lowest BCUT2D eigenvalue weighted by Gasteiger charge is -2.02. The van der Waals surface area contributed by atoms with E-state index in [0.29, 0.717) is 0 Å². The predicted octanol–water partition coefficient (Wildman–Crippen LogP) is 0.633. The van der Waals surface area contributed by atoms with Crippen molar-refractivity contribution < 1.29 is 13.3 Å². The third kappa shape index (κ3) is 4.75. The minimum absolute atomic E-state index is 0.271. The molecule has 0 radical (unpaired) electrons. The van der Waals surface area contributed by atoms with Crippen LogP contribution in [-0.4, -0.2) is 14.5 Å². The second kappa shape index (κ2) is 5.83. The molecule has 1 atom stereocenters. The number of nitrogens with zero attached hydrogens (tertiary/aromatic N) is 1. The molecule has 0 N–H and O–H groups in total. The van der Waals surface area contributed by atoms with Crippen LogP contribution in [0.25, 0.3) is 0 Å². The molecule has 0 fully saturated rings. The Morgan fingerprint density at radius 3 is 2.46 bits per heavy atom. The number of aromatic nitrogens is 1. The molecule has 0 saturated carbocycles. The lowest BCUT2D eigenvalue weighted by Crippen LogP contribution is -2.32. The van der Waals surface area contributed by atoms with Crippen molar-refractivity contribution in [3.05, 3.63) is 30.6 Å². The van der Waals surface area contributed by atoms with Crippen molar-refractivity contribution >= 4 is 11.1 Å². The zero-order valence-electron chi connectivity index (χ0n) is 7.39. The highest BCUT2D eigenvalue weighted by molar-refractivity contribution is 7.79. The third-order valence-electron chi connectivity index (χ3n) is 1.75. The number of hydrogen-bond acceptors (Lipinski definition) is 2. The molecule has 0 aromatic carbocycles. The quantitative estimate of drug-likeness (QED) is 0.397. The van der Waals surface area contributed by atoms with Gasteiger partial charge in [-0.1, -0.05) is 17.1 Å². The molecule has 0 aliphatic heterocycles. The third-order valence-corrected chi connectivity index (χ3v) is 2.38. The summed E-state index contributed by atoms with van der Waals surface area (Å²) in [6.45, 7) is 0.887. The monoisotopic (exact) mass is 199 g/mol. The summed E-state index contributed by atoms with van der Waals surface area (Å²) in [6, 6.07) is 5.89. The van der Waals surface area contributed by atoms with Crippen LogP contribution in [0, 0.1) is 0 Å². The lowest BCUT2D eigenvalue weighted by atomic mass is 10.3. The van der Waals surface area contributed by atoms with Crippen LogP contribution in [0.5, 0.6) is 0 Å². The first-order valence-electron chi connectivity index (χ1n) is 4.29. The average Bonchev–Trinajstić information content (AvgIpc) is 2.14. The molecule has 72 valence electrons. The van der Waals surface area contributed by atoms with Crippen LogP contribution in [-0.2, 0) is 17.6 Å². The number of rotatable bonds is 5. The molecule has 1 heterocycles. The minimum Gasteiger partial charge on any atom is -0.772 e. The van der Waals surface area contributed by atoms with Crippen LogP contribution in [0.4, 0.5) is 0 Å². The first-order chi connectivity index (χ1) is 6.29. The van der Waals surface area contributed by atoms with Crippen molar-refractivity contribution in [1.29, 1.82) is 0 Å². The van der Waals surface area contributed by atoms with Crippen molar-refractivity contribution in [2.24, 2.45) is 0 Å². The molecule has 0 saturated heterocycles. The molecule has 1 aromatic heterocycles. The first kappa shape index (κ1) is 10.3. The van der Waals surface area contributed by atoms with Crippen molar-refractivity contribution in [2.45, 2.75) is 19.4 Å². The standard InChI is InChI=1S/C9H13NO2S/c11-13(12)9-5-4-8-10-6-2-1-3-7-10/h1-3,6-7H,4-5,8-9H2. The Bertz CT molecular complexity index is 264. The Morgan fingerprint density at radius 1 is 1.15 bits per heavy atom. The van der Waals surface area contributed by atoms with Gasteiger partial charge in [-0.15, -0.1) is 0 Å². The minimum atomic E-state index is -1.88. The summed E-state index contributed by atoms with van der Waals surface area (Å²) in [6.07, 6.45) is 5.60. The lowest BCUT2D eigenvalue weighted by molar-refractivity contribution is -0.697. The van der Waals surface area contributed by atoms with Crippen LogP contribution in [0.1, 0.15) is 12.8 Å². The summed E-state index contributed by atoms with van der Waals surface area (Å²) in [5.41, 5.74) is 0. The maximum Gasteiger partial charge on any atom is 0.168 e. The summed E-state index contributed by atoms with van der Waals surface area (Å²) >= 11 is -1.88. The Kier molecular flexibility index (Phi) is 4.64. The zero-order valence-corrected chi connectivity index (χ0v) is 8.20. The molecule has 0 spiro atoms. The number of aryl methyl sites for hydroxylation is 1. The van der Waals surface area contributed by atoms with Gasteiger partial charge >= 0.3 is 0 Å². The van der Waals surface area contributed by atoms with E-state index in [1.165, 1.54) is 0 Å². The Morgan fingerprint density at radius 2 is 1.85 bits per heavy atom. The van der Waals surface area contributed by atoms with Gasteiger partial charge in [0.05, 0.1) is 0 Å². The van der Waals surface area contributed by atoms with Gasteiger partial charge < -0.3 is 4.55 Å². The first-order valence-corrected chi connectivity index (χ1v) is 5.53. The van der Waals surface area contributed by atoms with E-state index in [1.54, 1.807) is 0 Å². The van der Waals surface area contributed by atoms with Crippen LogP contribution < -0.4 is 4.57 Å². The molecule has 3 nitrogen and oxygen atoms in total. The SMILES string of the molecule is O=S([O-])CCCC[n+]1ccccc1. The van der Waals surface area contributed by atoms with Crippen molar-refractivity contribution in [2.75, 3.05) is 5.75 Å². The highest BCUT2D eigenvalue weighted by atomic mass is 32.2. The summed E-state index contributed by atoms with van der Waals surface area (Å²) in [5.74, 6) is 0.271. The molecule has 1 unspecified atom stereocenters. The fourth-order valence-corrected chi connectivity index (χ4v) is 1.54. The van der Waals surface area contributed by atoms with Crippen LogP contribution >= 0.6 is 0 Å². The van der Waals surface area contributed by atoms with Gasteiger partial charge in [-0.3, -0.25) is 4.21 Å². The summed E-state index contributed by atoms with van der Waals surface area (Å²) in [5, 5.41) is 0. The van der Waals surface area contributed by atoms with Gasteiger partial charge in [0, 0.05) is 24.3 Å². The van der Waals surface area contributed by atoms with Gasteiger partial charge in [-0.05, 0) is 6.42 Å². The van der Waals surface area contributed by atoms with E-state index >= 15 is 0 Å². The van der Waals surface area contributed by atoms with E-state index in [1.807, 2.05) is 35.2 Å². The molecule has 0 bridgehead atoms. The van der Waals surface area contributed by atoms with E-state index in [-0.39, 0.29) is 5.75 Å². The predicted molar refractivity (Wildman–Crippen MR) is 49.7 cm³/mol. The van der Waals surface area contributed by atoms with E-state index in [0.717, 1.165) is 19.4 Å². The van der Waals surface area contributed by atoms with Gasteiger partial charge in [0.2, 0.25) is 0 Å². The van der Waals surface area contributed by atoms with E-state index in [9.17, 15) is 8.76 Å². The smallest absolute Gasteiger partial charge is 0.168 e. The van der Waals surface area contributed by atoms with Gasteiger partial charge in [0.15, 0.2) is 12.4 Å². The van der Waals surface area contributed by atoms with E-state index < -0.39 is 11.1 Å². The van der Waals surface area contributed by atoms with Crippen LogP contribution in [0.2, 0.25) is 0 Å². The molecule has 0 aliphatic rings. The maximum atomic E-state index is 10.2. The molecular weight excluding hydrogens is 186 g/mol. The number of pyridine rings is 1. The van der Waals surface area contributed by atoms with Crippen LogP contribution in [0.15, 0.2) is 30.6 Å². The van der Waals surface area contributed by atoms with Crippen LogP contribution in [0.3, 0.4) is 0 Å². The van der Waals surface area contributed by atoms with Gasteiger partial charge in [0.25, 0.3) is 0 Å². The molecule has 0 amide bonds. The molecule has 1 rings (SSSR count). The van der Waals surface area contributed by atoms with Crippen molar-refractivity contribution in [3.63, 3.8) is 0 Å². The number of hydrogen-bond donors (Lipinski definition) is 0. The average molecular weight is 199 g/mol. The summed E-state index contributed by atoms with van der Waals surface area (Å²) in [7, 11) is 0. The molecule has 1 aromatic rings. The van der Waals surface area contributed by atoms with Gasteiger partial charge in [-0.2, -0.15) is 0 Å². The molecule has 13 heavy (non-hydrogen) atoms. The topological polar surface area (TPSA) is 44.0 Å².